The molecule has 1 amide bonds. The molecule has 98 valence electrons. The second-order valence-corrected chi connectivity index (χ2v) is 5.78. The summed E-state index contributed by atoms with van der Waals surface area (Å²) in [4.78, 5) is 25.1. The Morgan fingerprint density at radius 2 is 1.71 bits per heavy atom. The molecular weight excluding hydrogens is 214 g/mol. The lowest BCUT2D eigenvalue weighted by Gasteiger charge is -2.41. The zero-order chi connectivity index (χ0) is 13.0. The molecule has 0 bridgehead atoms. The number of carbonyl (C=O) groups excluding carboxylic acids is 2. The molecule has 1 fully saturated rings. The predicted octanol–water partition coefficient (Wildman–Crippen LogP) is 2.50. The summed E-state index contributed by atoms with van der Waals surface area (Å²) in [5.74, 6) is 1.93. The van der Waals surface area contributed by atoms with Crippen LogP contribution >= 0.6 is 0 Å². The maximum atomic E-state index is 11.8. The summed E-state index contributed by atoms with van der Waals surface area (Å²) in [6.45, 7) is 10.0. The maximum absolute atomic E-state index is 11.8. The fourth-order valence-electron chi connectivity index (χ4n) is 2.00. The van der Waals surface area contributed by atoms with Crippen LogP contribution in [0.4, 0.5) is 0 Å². The summed E-state index contributed by atoms with van der Waals surface area (Å²) in [7, 11) is 0. The SMILES string of the molecule is CC(C)C(=O)CCCC(=O)N1CC(C(C)C)C1. The van der Waals surface area contributed by atoms with Crippen LogP contribution in [-0.4, -0.2) is 29.7 Å². The fourth-order valence-corrected chi connectivity index (χ4v) is 2.00. The second-order valence-electron chi connectivity index (χ2n) is 5.78. The summed E-state index contributed by atoms with van der Waals surface area (Å²) in [5.41, 5.74) is 0. The Morgan fingerprint density at radius 1 is 1.12 bits per heavy atom. The summed E-state index contributed by atoms with van der Waals surface area (Å²) in [5, 5.41) is 0. The lowest BCUT2D eigenvalue weighted by atomic mass is 9.88. The zero-order valence-electron chi connectivity index (χ0n) is 11.5. The van der Waals surface area contributed by atoms with Crippen LogP contribution in [0.25, 0.3) is 0 Å². The molecule has 3 nitrogen and oxygen atoms in total. The molecule has 0 N–H and O–H groups in total. The minimum atomic E-state index is 0.0967. The van der Waals surface area contributed by atoms with E-state index in [9.17, 15) is 9.59 Å². The van der Waals surface area contributed by atoms with Gasteiger partial charge in [-0.25, -0.2) is 0 Å². The molecule has 0 aromatic rings. The third-order valence-corrected chi connectivity index (χ3v) is 3.66. The van der Waals surface area contributed by atoms with E-state index >= 15 is 0 Å². The number of likely N-dealkylation sites (tertiary alicyclic amines) is 1. The molecule has 17 heavy (non-hydrogen) atoms. The number of hydrogen-bond acceptors (Lipinski definition) is 2. The van der Waals surface area contributed by atoms with Crippen molar-refractivity contribution in [2.75, 3.05) is 13.1 Å². The van der Waals surface area contributed by atoms with Crippen molar-refractivity contribution in [1.29, 1.82) is 0 Å². The smallest absolute Gasteiger partial charge is 0.222 e. The quantitative estimate of drug-likeness (QED) is 0.714. The highest BCUT2D eigenvalue weighted by Gasteiger charge is 2.31. The highest BCUT2D eigenvalue weighted by molar-refractivity contribution is 5.81. The van der Waals surface area contributed by atoms with E-state index in [4.69, 9.17) is 0 Å². The molecule has 0 aromatic carbocycles. The minimum Gasteiger partial charge on any atom is -0.342 e. The van der Waals surface area contributed by atoms with Crippen molar-refractivity contribution >= 4 is 11.7 Å². The first-order valence-corrected chi connectivity index (χ1v) is 6.72. The van der Waals surface area contributed by atoms with E-state index in [1.165, 1.54) is 0 Å². The van der Waals surface area contributed by atoms with Crippen molar-refractivity contribution in [1.82, 2.24) is 4.90 Å². The lowest BCUT2D eigenvalue weighted by molar-refractivity contribution is -0.138. The van der Waals surface area contributed by atoms with Crippen molar-refractivity contribution in [3.63, 3.8) is 0 Å². The normalized spacial score (nSPS) is 16.5. The van der Waals surface area contributed by atoms with Crippen LogP contribution in [0, 0.1) is 17.8 Å². The van der Waals surface area contributed by atoms with Gasteiger partial charge in [-0.15, -0.1) is 0 Å². The summed E-state index contributed by atoms with van der Waals surface area (Å²) in [6, 6.07) is 0. The molecule has 0 aromatic heterocycles. The molecule has 0 spiro atoms. The number of carbonyl (C=O) groups is 2. The standard InChI is InChI=1S/C14H25NO2/c1-10(2)12-8-15(9-12)14(17)7-5-6-13(16)11(3)4/h10-12H,5-9H2,1-4H3. The topological polar surface area (TPSA) is 37.4 Å². The van der Waals surface area contributed by atoms with Crippen LogP contribution < -0.4 is 0 Å². The Kier molecular flexibility index (Phi) is 5.16. The highest BCUT2D eigenvalue weighted by Crippen LogP contribution is 2.24. The first kappa shape index (κ1) is 14.2. The van der Waals surface area contributed by atoms with E-state index in [0.29, 0.717) is 31.1 Å². The van der Waals surface area contributed by atoms with Crippen molar-refractivity contribution in [2.24, 2.45) is 17.8 Å². The van der Waals surface area contributed by atoms with Gasteiger partial charge in [0.25, 0.3) is 0 Å². The fraction of sp³-hybridized carbons (Fsp3) is 0.857. The summed E-state index contributed by atoms with van der Waals surface area (Å²) < 4.78 is 0. The third kappa shape index (κ3) is 4.14. The average Bonchev–Trinajstić information content (AvgIpc) is 2.14. The van der Waals surface area contributed by atoms with Crippen LogP contribution in [0.15, 0.2) is 0 Å². The number of hydrogen-bond donors (Lipinski definition) is 0. The largest absolute Gasteiger partial charge is 0.342 e. The first-order valence-electron chi connectivity index (χ1n) is 6.72. The van der Waals surface area contributed by atoms with Gasteiger partial charge < -0.3 is 4.90 Å². The highest BCUT2D eigenvalue weighted by atomic mass is 16.2. The number of rotatable bonds is 6. The lowest BCUT2D eigenvalue weighted by Crippen LogP contribution is -2.51. The molecule has 1 heterocycles. The molecule has 0 aliphatic carbocycles. The number of ketones is 1. The molecule has 3 heteroatoms. The van der Waals surface area contributed by atoms with E-state index in [1.54, 1.807) is 0 Å². The van der Waals surface area contributed by atoms with Gasteiger partial charge >= 0.3 is 0 Å². The van der Waals surface area contributed by atoms with Gasteiger partial charge in [-0.05, 0) is 18.3 Å². The molecule has 1 rings (SSSR count). The molecule has 0 atom stereocenters. The summed E-state index contributed by atoms with van der Waals surface area (Å²) in [6.07, 6.45) is 1.78. The Balaban J connectivity index is 2.13. The van der Waals surface area contributed by atoms with Crippen LogP contribution in [-0.2, 0) is 9.59 Å². The molecular formula is C14H25NO2. The van der Waals surface area contributed by atoms with Crippen LogP contribution in [0.1, 0.15) is 47.0 Å². The van der Waals surface area contributed by atoms with Gasteiger partial charge in [0, 0.05) is 31.8 Å². The van der Waals surface area contributed by atoms with Crippen LogP contribution in [0.2, 0.25) is 0 Å². The van der Waals surface area contributed by atoms with E-state index in [1.807, 2.05) is 18.7 Å². The Labute approximate surface area is 105 Å². The summed E-state index contributed by atoms with van der Waals surface area (Å²) >= 11 is 0. The van der Waals surface area contributed by atoms with E-state index in [-0.39, 0.29) is 17.6 Å². The number of Topliss-reactive ketones (excluding diaryl/α,β-unsaturated/α-hetero) is 1. The maximum Gasteiger partial charge on any atom is 0.222 e. The zero-order valence-corrected chi connectivity index (χ0v) is 11.5. The first-order chi connectivity index (χ1) is 7.91. The molecule has 0 radical (unpaired) electrons. The van der Waals surface area contributed by atoms with E-state index in [2.05, 4.69) is 13.8 Å². The molecule has 0 saturated carbocycles. The molecule has 1 aliphatic heterocycles. The van der Waals surface area contributed by atoms with Gasteiger partial charge in [-0.1, -0.05) is 27.7 Å². The van der Waals surface area contributed by atoms with Gasteiger partial charge in [0.05, 0.1) is 0 Å². The third-order valence-electron chi connectivity index (χ3n) is 3.66. The van der Waals surface area contributed by atoms with Gasteiger partial charge in [-0.3, -0.25) is 9.59 Å². The van der Waals surface area contributed by atoms with Crippen LogP contribution in [0.5, 0.6) is 0 Å². The monoisotopic (exact) mass is 239 g/mol. The van der Waals surface area contributed by atoms with Gasteiger partial charge in [0.2, 0.25) is 5.91 Å². The molecule has 1 aliphatic rings. The number of nitrogens with zero attached hydrogens (tertiary/aromatic N) is 1. The van der Waals surface area contributed by atoms with Gasteiger partial charge in [-0.2, -0.15) is 0 Å². The Morgan fingerprint density at radius 3 is 2.18 bits per heavy atom. The minimum absolute atomic E-state index is 0.0967. The van der Waals surface area contributed by atoms with Gasteiger partial charge in [0.15, 0.2) is 0 Å². The Hall–Kier alpha value is -0.860. The second kappa shape index (κ2) is 6.18. The van der Waals surface area contributed by atoms with Crippen LogP contribution in [0.3, 0.4) is 0 Å². The predicted molar refractivity (Wildman–Crippen MR) is 68.6 cm³/mol. The van der Waals surface area contributed by atoms with Gasteiger partial charge in [0.1, 0.15) is 5.78 Å². The van der Waals surface area contributed by atoms with E-state index in [0.717, 1.165) is 13.1 Å². The number of amides is 1. The van der Waals surface area contributed by atoms with Crippen molar-refractivity contribution < 1.29 is 9.59 Å². The van der Waals surface area contributed by atoms with Crippen molar-refractivity contribution in [2.45, 2.75) is 47.0 Å². The Bertz CT molecular complexity index is 278. The van der Waals surface area contributed by atoms with E-state index < -0.39 is 0 Å². The molecule has 1 saturated heterocycles. The molecule has 0 unspecified atom stereocenters. The average molecular weight is 239 g/mol. The van der Waals surface area contributed by atoms with Crippen molar-refractivity contribution in [3.8, 4) is 0 Å². The van der Waals surface area contributed by atoms with Crippen molar-refractivity contribution in [3.05, 3.63) is 0 Å².